The van der Waals surface area contributed by atoms with Crippen molar-refractivity contribution in [1.82, 2.24) is 5.32 Å². The number of rotatable bonds is 6. The molecule has 1 unspecified atom stereocenters. The van der Waals surface area contributed by atoms with Crippen LogP contribution in [-0.4, -0.2) is 39.1 Å². The van der Waals surface area contributed by atoms with Crippen molar-refractivity contribution in [3.63, 3.8) is 0 Å². The zero-order valence-corrected chi connectivity index (χ0v) is 20.4. The van der Waals surface area contributed by atoms with Crippen molar-refractivity contribution in [2.75, 3.05) is 18.8 Å². The van der Waals surface area contributed by atoms with Gasteiger partial charge in [0, 0.05) is 11.3 Å². The quantitative estimate of drug-likeness (QED) is 0.619. The molecule has 5 nitrogen and oxygen atoms in total. The van der Waals surface area contributed by atoms with Gasteiger partial charge in [-0.05, 0) is 75.0 Å². The Hall–Kier alpha value is -1.25. The number of carbonyl (C=O) groups excluding carboxylic acids is 1. The molecule has 1 fully saturated rings. The first-order valence-corrected chi connectivity index (χ1v) is 13.2. The number of sulfone groups is 1. The fourth-order valence-corrected chi connectivity index (χ4v) is 6.71. The lowest BCUT2D eigenvalue weighted by Crippen LogP contribution is -2.46. The molecule has 1 spiro atoms. The Morgan fingerprint density at radius 3 is 2.55 bits per heavy atom. The second-order valence-corrected chi connectivity index (χ2v) is 11.6. The molecule has 3 heterocycles. The molecule has 170 valence electrons. The van der Waals surface area contributed by atoms with E-state index in [1.165, 1.54) is 10.4 Å². The highest BCUT2D eigenvalue weighted by molar-refractivity contribution is 7.91. The lowest BCUT2D eigenvalue weighted by atomic mass is 9.84. The van der Waals surface area contributed by atoms with E-state index >= 15 is 0 Å². The Labute approximate surface area is 194 Å². The third-order valence-corrected chi connectivity index (χ3v) is 9.30. The van der Waals surface area contributed by atoms with Gasteiger partial charge in [0.05, 0.1) is 21.6 Å². The zero-order valence-electron chi connectivity index (χ0n) is 18.0. The molecule has 0 saturated carbocycles. The van der Waals surface area contributed by atoms with Crippen LogP contribution in [0.1, 0.15) is 58.8 Å². The number of benzene rings is 1. The van der Waals surface area contributed by atoms with Crippen LogP contribution in [0.3, 0.4) is 0 Å². The van der Waals surface area contributed by atoms with E-state index in [4.69, 9.17) is 4.74 Å². The van der Waals surface area contributed by atoms with Crippen LogP contribution in [0, 0.1) is 0 Å². The summed E-state index contributed by atoms with van der Waals surface area (Å²) < 4.78 is 30.3. The molecule has 0 aliphatic carbocycles. The van der Waals surface area contributed by atoms with Crippen molar-refractivity contribution in [1.29, 1.82) is 0 Å². The highest BCUT2D eigenvalue weighted by Crippen LogP contribution is 2.46. The van der Waals surface area contributed by atoms with Gasteiger partial charge in [-0.25, -0.2) is 8.42 Å². The van der Waals surface area contributed by atoms with E-state index in [1.807, 2.05) is 12.1 Å². The van der Waals surface area contributed by atoms with Crippen molar-refractivity contribution in [3.8, 4) is 0 Å². The summed E-state index contributed by atoms with van der Waals surface area (Å²) in [5.74, 6) is 0.240. The summed E-state index contributed by atoms with van der Waals surface area (Å²) in [6.07, 6.45) is 3.96. The number of hydrogen-bond donors (Lipinski definition) is 1. The van der Waals surface area contributed by atoms with Crippen LogP contribution in [0.15, 0.2) is 35.2 Å². The minimum Gasteiger partial charge on any atom is -0.366 e. The molecular formula is C23H30ClNO4S2. The first kappa shape index (κ1) is 24.4. The van der Waals surface area contributed by atoms with Crippen molar-refractivity contribution < 1.29 is 17.9 Å². The van der Waals surface area contributed by atoms with E-state index in [0.29, 0.717) is 17.7 Å². The lowest BCUT2D eigenvalue weighted by Gasteiger charge is -2.43. The second-order valence-electron chi connectivity index (χ2n) is 8.31. The average Bonchev–Trinajstić information content (AvgIpc) is 3.18. The van der Waals surface area contributed by atoms with Crippen LogP contribution in [-0.2, 0) is 33.0 Å². The van der Waals surface area contributed by atoms with Gasteiger partial charge in [0.1, 0.15) is 5.60 Å². The third-order valence-electron chi connectivity index (χ3n) is 6.15. The molecule has 1 aromatic carbocycles. The maximum absolute atomic E-state index is 12.9. The number of aryl methyl sites for hydroxylation is 1. The molecule has 2 aromatic rings. The van der Waals surface area contributed by atoms with Gasteiger partial charge >= 0.3 is 0 Å². The number of Topliss-reactive ketones (excluding diaryl/α,β-unsaturated/α-hetero) is 1. The van der Waals surface area contributed by atoms with E-state index in [1.54, 1.807) is 30.4 Å². The molecular weight excluding hydrogens is 454 g/mol. The Bertz CT molecular complexity index is 1020. The minimum absolute atomic E-state index is 0. The van der Waals surface area contributed by atoms with Crippen LogP contribution in [0.4, 0.5) is 0 Å². The zero-order chi connectivity index (χ0) is 21.4. The average molecular weight is 484 g/mol. The van der Waals surface area contributed by atoms with E-state index in [0.717, 1.165) is 42.8 Å². The van der Waals surface area contributed by atoms with Crippen molar-refractivity contribution >= 4 is 39.4 Å². The molecule has 1 N–H and O–H groups in total. The van der Waals surface area contributed by atoms with Gasteiger partial charge in [0.15, 0.2) is 15.6 Å². The van der Waals surface area contributed by atoms with Gasteiger partial charge in [-0.2, -0.15) is 0 Å². The topological polar surface area (TPSA) is 72.5 Å². The summed E-state index contributed by atoms with van der Waals surface area (Å²) in [4.78, 5) is 15.3. The highest BCUT2D eigenvalue weighted by atomic mass is 35.5. The summed E-state index contributed by atoms with van der Waals surface area (Å²) in [5.41, 5.74) is 2.02. The Balaban J connectivity index is 0.00000272. The molecule has 1 aromatic heterocycles. The first-order chi connectivity index (χ1) is 14.3. The number of halogens is 1. The molecule has 1 saturated heterocycles. The SMILES string of the molecule is CCS(=O)(=O)c1ccc(CCC(=O)c2cc3c(s2)C2(CCNCC2)OC(C)C3)cc1.Cl. The number of thiophene rings is 1. The molecule has 2 aliphatic heterocycles. The van der Waals surface area contributed by atoms with Gasteiger partial charge in [0.2, 0.25) is 0 Å². The van der Waals surface area contributed by atoms with E-state index in [2.05, 4.69) is 18.3 Å². The number of ketones is 1. The number of fused-ring (bicyclic) bond motifs is 2. The Morgan fingerprint density at radius 2 is 1.90 bits per heavy atom. The standard InChI is InChI=1S/C23H29NO4S2.ClH/c1-3-30(26,27)19-7-4-17(5-8-19)6-9-20(25)21-15-18-14-16(2)28-23(22(18)29-21)10-12-24-13-11-23;/h4-5,7-8,15-16,24H,3,6,9-14H2,1-2H3;1H. The molecule has 8 heteroatoms. The summed E-state index contributed by atoms with van der Waals surface area (Å²) in [6.45, 7) is 5.64. The van der Waals surface area contributed by atoms with Gasteiger partial charge in [-0.15, -0.1) is 23.7 Å². The van der Waals surface area contributed by atoms with E-state index < -0.39 is 9.84 Å². The summed E-state index contributed by atoms with van der Waals surface area (Å²) in [5, 5.41) is 3.41. The van der Waals surface area contributed by atoms with Gasteiger partial charge in [-0.3, -0.25) is 4.79 Å². The Morgan fingerprint density at radius 1 is 1.23 bits per heavy atom. The monoisotopic (exact) mass is 483 g/mol. The van der Waals surface area contributed by atoms with Crippen LogP contribution >= 0.6 is 23.7 Å². The number of carbonyl (C=O) groups is 1. The molecule has 4 rings (SSSR count). The summed E-state index contributed by atoms with van der Waals surface area (Å²) in [7, 11) is -3.19. The predicted molar refractivity (Wildman–Crippen MR) is 126 cm³/mol. The number of ether oxygens (including phenoxy) is 1. The van der Waals surface area contributed by atoms with Crippen molar-refractivity contribution in [2.24, 2.45) is 0 Å². The minimum atomic E-state index is -3.19. The predicted octanol–water partition coefficient (Wildman–Crippen LogP) is 4.32. The van der Waals surface area contributed by atoms with Gasteiger partial charge in [-0.1, -0.05) is 19.1 Å². The van der Waals surface area contributed by atoms with Crippen LogP contribution in [0.25, 0.3) is 0 Å². The first-order valence-electron chi connectivity index (χ1n) is 10.7. The van der Waals surface area contributed by atoms with Crippen LogP contribution in [0.2, 0.25) is 0 Å². The number of nitrogens with one attached hydrogen (secondary N) is 1. The molecule has 0 bridgehead atoms. The molecule has 1 atom stereocenters. The number of hydrogen-bond acceptors (Lipinski definition) is 6. The van der Waals surface area contributed by atoms with Crippen LogP contribution in [0.5, 0.6) is 0 Å². The highest BCUT2D eigenvalue weighted by Gasteiger charge is 2.43. The maximum atomic E-state index is 12.9. The largest absolute Gasteiger partial charge is 0.366 e. The lowest BCUT2D eigenvalue weighted by molar-refractivity contribution is -0.117. The molecule has 0 amide bonds. The molecule has 2 aliphatic rings. The van der Waals surface area contributed by atoms with E-state index in [9.17, 15) is 13.2 Å². The van der Waals surface area contributed by atoms with Gasteiger partial charge in [0.25, 0.3) is 0 Å². The van der Waals surface area contributed by atoms with Crippen LogP contribution < -0.4 is 5.32 Å². The van der Waals surface area contributed by atoms with E-state index in [-0.39, 0.29) is 35.6 Å². The second kappa shape index (κ2) is 9.71. The molecule has 31 heavy (non-hydrogen) atoms. The summed E-state index contributed by atoms with van der Waals surface area (Å²) >= 11 is 1.61. The smallest absolute Gasteiger partial charge is 0.178 e. The number of piperidine rings is 1. The maximum Gasteiger partial charge on any atom is 0.178 e. The van der Waals surface area contributed by atoms with Crippen molar-refractivity contribution in [2.45, 2.75) is 62.6 Å². The Kier molecular flexibility index (Phi) is 7.64. The van der Waals surface area contributed by atoms with Gasteiger partial charge < -0.3 is 10.1 Å². The third kappa shape index (κ3) is 5.06. The summed E-state index contributed by atoms with van der Waals surface area (Å²) in [6, 6.07) is 9.00. The molecule has 0 radical (unpaired) electrons. The van der Waals surface area contributed by atoms with Crippen molar-refractivity contribution in [3.05, 3.63) is 51.2 Å². The fourth-order valence-electron chi connectivity index (χ4n) is 4.48. The fraction of sp³-hybridized carbons (Fsp3) is 0.522. The normalized spacial score (nSPS) is 20.1.